The molecule has 2 aliphatic rings. The van der Waals surface area contributed by atoms with Crippen LogP contribution in [-0.2, 0) is 16.0 Å². The van der Waals surface area contributed by atoms with Crippen LogP contribution in [0, 0.1) is 22.7 Å². The summed E-state index contributed by atoms with van der Waals surface area (Å²) in [6.07, 6.45) is 12.0. The lowest BCUT2D eigenvalue weighted by molar-refractivity contribution is -0.138. The number of unbranched alkanes of at least 4 members (excludes halogenated alkanes) is 1. The SMILES string of the molecule is CC(C)(C)C1CCC(n2nc(-c3cccc(C=O)c3)ccc2=O)CC1.CC(C)(C)C1CCC(n2nc(-c3cccc(CCCCC(=O)O)c3)ccc2=O)CC1.NCCC(=O)O. The Labute approximate surface area is 360 Å². The normalized spacial score (nSPS) is 19.1. The van der Waals surface area contributed by atoms with Crippen LogP contribution in [0.1, 0.15) is 147 Å². The number of benzene rings is 2. The van der Waals surface area contributed by atoms with Crippen molar-refractivity contribution in [2.75, 3.05) is 6.54 Å². The molecule has 0 unspecified atom stereocenters. The third kappa shape index (κ3) is 15.0. The summed E-state index contributed by atoms with van der Waals surface area (Å²) < 4.78 is 3.36. The molecule has 61 heavy (non-hydrogen) atoms. The van der Waals surface area contributed by atoms with Crippen molar-refractivity contribution in [3.05, 3.63) is 105 Å². The van der Waals surface area contributed by atoms with Gasteiger partial charge in [-0.05, 0) is 123 Å². The van der Waals surface area contributed by atoms with E-state index >= 15 is 0 Å². The summed E-state index contributed by atoms with van der Waals surface area (Å²) in [5.74, 6) is -0.179. The maximum atomic E-state index is 12.5. The van der Waals surface area contributed by atoms with E-state index in [9.17, 15) is 24.0 Å². The number of aliphatic carboxylic acids is 2. The third-order valence-corrected chi connectivity index (χ3v) is 12.2. The molecule has 4 aromatic rings. The molecule has 2 fully saturated rings. The first-order valence-electron chi connectivity index (χ1n) is 21.9. The minimum atomic E-state index is -0.836. The Balaban J connectivity index is 0.000000240. The number of aromatic nitrogens is 4. The first-order valence-corrected chi connectivity index (χ1v) is 21.9. The fourth-order valence-electron chi connectivity index (χ4n) is 8.44. The second-order valence-corrected chi connectivity index (χ2v) is 18.7. The van der Waals surface area contributed by atoms with Crippen molar-refractivity contribution < 1.29 is 24.6 Å². The van der Waals surface area contributed by atoms with Crippen molar-refractivity contribution in [1.82, 2.24) is 19.6 Å². The van der Waals surface area contributed by atoms with E-state index in [1.807, 2.05) is 30.3 Å². The molecule has 2 aromatic heterocycles. The molecule has 0 amide bonds. The molecule has 0 aliphatic heterocycles. The van der Waals surface area contributed by atoms with E-state index < -0.39 is 11.9 Å². The minimum Gasteiger partial charge on any atom is -0.481 e. The number of aryl methyl sites for hydroxylation is 1. The van der Waals surface area contributed by atoms with Gasteiger partial charge in [-0.2, -0.15) is 10.2 Å². The van der Waals surface area contributed by atoms with E-state index in [0.717, 1.165) is 93.0 Å². The second-order valence-electron chi connectivity index (χ2n) is 18.7. The van der Waals surface area contributed by atoms with Crippen molar-refractivity contribution >= 4 is 18.2 Å². The highest BCUT2D eigenvalue weighted by atomic mass is 16.4. The second kappa shape index (κ2) is 22.6. The smallest absolute Gasteiger partial charge is 0.304 e. The quantitative estimate of drug-likeness (QED) is 0.0916. The zero-order valence-electron chi connectivity index (χ0n) is 37.0. The van der Waals surface area contributed by atoms with E-state index in [1.165, 1.54) is 5.56 Å². The molecule has 6 rings (SSSR count). The van der Waals surface area contributed by atoms with Crippen molar-refractivity contribution in [1.29, 1.82) is 0 Å². The zero-order valence-corrected chi connectivity index (χ0v) is 37.0. The molecular weight excluding hydrogens is 771 g/mol. The molecule has 2 aromatic carbocycles. The molecule has 2 saturated carbocycles. The molecule has 12 nitrogen and oxygen atoms in total. The van der Waals surface area contributed by atoms with E-state index in [0.29, 0.717) is 34.7 Å². The standard InChI is InChI=1S/C25H34N2O3.C21H26N2O2.C3H7NO2/c1-25(2,3)20-11-13-21(14-12-20)27-23(28)16-15-22(26-27)19-9-6-8-18(17-19)7-4-5-10-24(29)30;1-21(2,3)17-7-9-18(10-8-17)23-20(25)12-11-19(22-23)16-6-4-5-15(13-16)14-24;4-2-1-3(5)6/h6,8-9,15-17,20-21H,4-5,7,10-14H2,1-3H3,(H,29,30);4-6,11-14,17-18H,7-10H2,1-3H3;1-2,4H2,(H,5,6). The Bertz CT molecular complexity index is 2170. The average molecular weight is 838 g/mol. The fourth-order valence-corrected chi connectivity index (χ4v) is 8.44. The number of nitrogens with two attached hydrogens (primary N) is 1. The number of carboxylic acids is 2. The summed E-state index contributed by atoms with van der Waals surface area (Å²) in [5.41, 5.74) is 10.6. The number of hydrogen-bond acceptors (Lipinski definition) is 8. The summed E-state index contributed by atoms with van der Waals surface area (Å²) in [5, 5.41) is 26.0. The van der Waals surface area contributed by atoms with Crippen molar-refractivity contribution in [3.8, 4) is 22.5 Å². The number of nitrogens with zero attached hydrogens (tertiary/aromatic N) is 4. The van der Waals surface area contributed by atoms with Gasteiger partial charge in [0.05, 0.1) is 29.9 Å². The van der Waals surface area contributed by atoms with Crippen LogP contribution in [0.4, 0.5) is 0 Å². The predicted molar refractivity (Wildman–Crippen MR) is 241 cm³/mol. The van der Waals surface area contributed by atoms with Gasteiger partial charge in [-0.1, -0.05) is 77.9 Å². The zero-order chi connectivity index (χ0) is 44.7. The average Bonchev–Trinajstić information content (AvgIpc) is 3.23. The summed E-state index contributed by atoms with van der Waals surface area (Å²) in [4.78, 5) is 56.1. The minimum absolute atomic E-state index is 0.0252. The van der Waals surface area contributed by atoms with Crippen LogP contribution in [-0.4, -0.2) is 54.5 Å². The van der Waals surface area contributed by atoms with E-state index in [-0.39, 0.29) is 42.6 Å². The Kier molecular flexibility index (Phi) is 17.9. The van der Waals surface area contributed by atoms with Crippen molar-refractivity contribution in [3.63, 3.8) is 0 Å². The number of rotatable bonds is 12. The van der Waals surface area contributed by atoms with Crippen LogP contribution in [0.2, 0.25) is 0 Å². The predicted octanol–water partition coefficient (Wildman–Crippen LogP) is 9.41. The van der Waals surface area contributed by atoms with Crippen LogP contribution in [0.5, 0.6) is 0 Å². The Morgan fingerprint density at radius 3 is 1.52 bits per heavy atom. The van der Waals surface area contributed by atoms with Crippen LogP contribution < -0.4 is 16.9 Å². The van der Waals surface area contributed by atoms with Gasteiger partial charge in [-0.3, -0.25) is 24.0 Å². The lowest BCUT2D eigenvalue weighted by Gasteiger charge is -2.37. The lowest BCUT2D eigenvalue weighted by atomic mass is 9.71. The Hall–Kier alpha value is -5.23. The number of carbonyl (C=O) groups excluding carboxylic acids is 1. The van der Waals surface area contributed by atoms with Gasteiger partial charge in [0.15, 0.2) is 0 Å². The number of carboxylic acid groups (broad SMARTS) is 2. The molecule has 0 radical (unpaired) electrons. The van der Waals surface area contributed by atoms with Crippen LogP contribution in [0.3, 0.4) is 0 Å². The summed E-state index contributed by atoms with van der Waals surface area (Å²) in [6, 6.07) is 22.6. The molecule has 0 saturated heterocycles. The number of aldehydes is 1. The van der Waals surface area contributed by atoms with Crippen molar-refractivity contribution in [2.24, 2.45) is 28.4 Å². The van der Waals surface area contributed by atoms with E-state index in [4.69, 9.17) is 21.0 Å². The summed E-state index contributed by atoms with van der Waals surface area (Å²) >= 11 is 0. The first-order chi connectivity index (χ1) is 28.9. The molecular formula is C49H67N5O7. The monoisotopic (exact) mass is 838 g/mol. The van der Waals surface area contributed by atoms with Gasteiger partial charge in [0.1, 0.15) is 6.29 Å². The van der Waals surface area contributed by atoms with Gasteiger partial charge in [-0.25, -0.2) is 9.36 Å². The van der Waals surface area contributed by atoms with Gasteiger partial charge in [0.2, 0.25) is 0 Å². The Morgan fingerprint density at radius 2 is 1.11 bits per heavy atom. The molecule has 0 bridgehead atoms. The highest BCUT2D eigenvalue weighted by molar-refractivity contribution is 5.78. The van der Waals surface area contributed by atoms with Crippen LogP contribution in [0.15, 0.2) is 82.4 Å². The first kappa shape index (κ1) is 48.4. The molecule has 0 atom stereocenters. The van der Waals surface area contributed by atoms with Gasteiger partial charge in [0.25, 0.3) is 11.1 Å². The van der Waals surface area contributed by atoms with Gasteiger partial charge < -0.3 is 15.9 Å². The lowest BCUT2D eigenvalue weighted by Crippen LogP contribution is -2.32. The molecule has 12 heteroatoms. The fraction of sp³-hybridized carbons (Fsp3) is 0.531. The molecule has 330 valence electrons. The summed E-state index contributed by atoms with van der Waals surface area (Å²) in [6.45, 7) is 14.0. The maximum Gasteiger partial charge on any atom is 0.304 e. The maximum absolute atomic E-state index is 12.5. The van der Waals surface area contributed by atoms with Gasteiger partial charge in [0, 0.05) is 41.8 Å². The van der Waals surface area contributed by atoms with E-state index in [1.54, 1.807) is 39.7 Å². The molecule has 2 heterocycles. The summed E-state index contributed by atoms with van der Waals surface area (Å²) in [7, 11) is 0. The van der Waals surface area contributed by atoms with Gasteiger partial charge in [-0.15, -0.1) is 0 Å². The van der Waals surface area contributed by atoms with Crippen LogP contribution >= 0.6 is 0 Å². The van der Waals surface area contributed by atoms with Crippen LogP contribution in [0.25, 0.3) is 22.5 Å². The molecule has 2 aliphatic carbocycles. The molecule has 0 spiro atoms. The number of hydrogen-bond donors (Lipinski definition) is 3. The largest absolute Gasteiger partial charge is 0.481 e. The Morgan fingerprint density at radius 1 is 0.656 bits per heavy atom. The van der Waals surface area contributed by atoms with E-state index in [2.05, 4.69) is 58.8 Å². The number of carbonyl (C=O) groups is 3. The van der Waals surface area contributed by atoms with Crippen molar-refractivity contribution in [2.45, 2.75) is 137 Å². The topological polar surface area (TPSA) is 187 Å². The highest BCUT2D eigenvalue weighted by Crippen LogP contribution is 2.42. The molecule has 4 N–H and O–H groups in total. The third-order valence-electron chi connectivity index (χ3n) is 12.2. The highest BCUT2D eigenvalue weighted by Gasteiger charge is 2.32. The van der Waals surface area contributed by atoms with Gasteiger partial charge >= 0.3 is 11.9 Å².